The first-order valence-corrected chi connectivity index (χ1v) is 12.0. The van der Waals surface area contributed by atoms with Crippen molar-refractivity contribution in [1.82, 2.24) is 5.43 Å². The number of amides is 1. The Morgan fingerprint density at radius 3 is 2.09 bits per heavy atom. The number of rotatable bonds is 9. The minimum atomic E-state index is -3.74. The first-order valence-electron chi connectivity index (χ1n) is 10.1. The van der Waals surface area contributed by atoms with Gasteiger partial charge in [0.25, 0.3) is 5.91 Å². The summed E-state index contributed by atoms with van der Waals surface area (Å²) in [7, 11) is -3.74. The Labute approximate surface area is 197 Å². The fourth-order valence-electron chi connectivity index (χ4n) is 2.84. The fraction of sp³-hybridized carbons (Fsp3) is 0.125. The summed E-state index contributed by atoms with van der Waals surface area (Å²) in [5.74, 6) is 0.508. The molecule has 0 radical (unpaired) electrons. The summed E-state index contributed by atoms with van der Waals surface area (Å²) >= 11 is 0. The molecule has 0 atom stereocenters. The van der Waals surface area contributed by atoms with Crippen molar-refractivity contribution in [2.75, 3.05) is 17.1 Å². The molecule has 9 nitrogen and oxygen atoms in total. The van der Waals surface area contributed by atoms with Crippen LogP contribution in [0, 0.1) is 0 Å². The van der Waals surface area contributed by atoms with Gasteiger partial charge in [0.15, 0.2) is 0 Å². The largest absolute Gasteiger partial charge is 0.457 e. The highest BCUT2D eigenvalue weighted by Gasteiger charge is 2.20. The average Bonchev–Trinajstić information content (AvgIpc) is 2.79. The zero-order valence-corrected chi connectivity index (χ0v) is 19.4. The summed E-state index contributed by atoms with van der Waals surface area (Å²) in [6.45, 7) is 0.845. The van der Waals surface area contributed by atoms with E-state index in [1.807, 2.05) is 18.2 Å². The summed E-state index contributed by atoms with van der Waals surface area (Å²) in [5, 5.41) is 3.85. The molecule has 3 aromatic rings. The van der Waals surface area contributed by atoms with Crippen LogP contribution >= 0.6 is 0 Å². The SMILES string of the molecule is CC(=O)Oc1ccc(/C=N\NC(=O)CN(c2ccc(Oc3ccccc3)cc2)S(C)(=O)=O)cc1. The van der Waals surface area contributed by atoms with Gasteiger partial charge in [0, 0.05) is 6.92 Å². The molecule has 0 unspecified atom stereocenters. The number of esters is 1. The number of hydrogen-bond acceptors (Lipinski definition) is 7. The standard InChI is InChI=1S/C24H23N3O6S/c1-18(28)32-22-12-8-19(9-13-22)16-25-26-24(29)17-27(34(2,30)31)20-10-14-23(15-11-20)33-21-6-4-3-5-7-21/h3-16H,17H2,1-2H3,(H,26,29)/b25-16-. The lowest BCUT2D eigenvalue weighted by Crippen LogP contribution is -2.38. The number of anilines is 1. The van der Waals surface area contributed by atoms with Gasteiger partial charge in [-0.25, -0.2) is 13.8 Å². The fourth-order valence-corrected chi connectivity index (χ4v) is 3.69. The predicted molar refractivity (Wildman–Crippen MR) is 129 cm³/mol. The molecule has 176 valence electrons. The lowest BCUT2D eigenvalue weighted by molar-refractivity contribution is -0.131. The number of ether oxygens (including phenoxy) is 2. The lowest BCUT2D eigenvalue weighted by Gasteiger charge is -2.21. The molecule has 0 aliphatic heterocycles. The zero-order chi connectivity index (χ0) is 24.6. The molecule has 0 spiro atoms. The highest BCUT2D eigenvalue weighted by molar-refractivity contribution is 7.92. The average molecular weight is 482 g/mol. The first-order chi connectivity index (χ1) is 16.2. The van der Waals surface area contributed by atoms with E-state index in [-0.39, 0.29) is 0 Å². The molecule has 0 fully saturated rings. The Bertz CT molecular complexity index is 1260. The number of nitrogens with zero attached hydrogens (tertiary/aromatic N) is 2. The summed E-state index contributed by atoms with van der Waals surface area (Å²) in [4.78, 5) is 23.3. The van der Waals surface area contributed by atoms with Crippen LogP contribution in [0.1, 0.15) is 12.5 Å². The van der Waals surface area contributed by atoms with E-state index >= 15 is 0 Å². The van der Waals surface area contributed by atoms with Crippen LogP contribution in [-0.2, 0) is 19.6 Å². The molecule has 1 N–H and O–H groups in total. The topological polar surface area (TPSA) is 114 Å². The number of para-hydroxylation sites is 1. The van der Waals surface area contributed by atoms with Crippen molar-refractivity contribution in [1.29, 1.82) is 0 Å². The molecule has 0 aliphatic rings. The third-order valence-electron chi connectivity index (χ3n) is 4.34. The molecular formula is C24H23N3O6S. The number of sulfonamides is 1. The van der Waals surface area contributed by atoms with Gasteiger partial charge in [0.1, 0.15) is 23.8 Å². The van der Waals surface area contributed by atoms with Gasteiger partial charge in [-0.1, -0.05) is 18.2 Å². The maximum atomic E-state index is 12.3. The third-order valence-corrected chi connectivity index (χ3v) is 5.48. The van der Waals surface area contributed by atoms with Crippen molar-refractivity contribution in [3.63, 3.8) is 0 Å². The van der Waals surface area contributed by atoms with Crippen molar-refractivity contribution in [2.24, 2.45) is 5.10 Å². The normalized spacial score (nSPS) is 11.1. The van der Waals surface area contributed by atoms with Crippen LogP contribution in [0.25, 0.3) is 0 Å². The van der Waals surface area contributed by atoms with E-state index in [2.05, 4.69) is 10.5 Å². The number of hydrazone groups is 1. The van der Waals surface area contributed by atoms with Crippen molar-refractivity contribution in [2.45, 2.75) is 6.92 Å². The van der Waals surface area contributed by atoms with Gasteiger partial charge in [-0.05, 0) is 66.2 Å². The zero-order valence-electron chi connectivity index (χ0n) is 18.5. The van der Waals surface area contributed by atoms with Crippen molar-refractivity contribution < 1.29 is 27.5 Å². The second-order valence-corrected chi connectivity index (χ2v) is 9.04. The molecule has 0 saturated carbocycles. The summed E-state index contributed by atoms with van der Waals surface area (Å²) in [6, 6.07) is 22.0. The van der Waals surface area contributed by atoms with Crippen LogP contribution in [0.2, 0.25) is 0 Å². The van der Waals surface area contributed by atoms with Crippen LogP contribution in [0.15, 0.2) is 84.0 Å². The van der Waals surface area contributed by atoms with Gasteiger partial charge in [-0.3, -0.25) is 13.9 Å². The van der Waals surface area contributed by atoms with Gasteiger partial charge in [0.2, 0.25) is 10.0 Å². The van der Waals surface area contributed by atoms with Gasteiger partial charge in [-0.15, -0.1) is 0 Å². The molecule has 0 bridgehead atoms. The third kappa shape index (κ3) is 7.45. The molecule has 0 heterocycles. The van der Waals surface area contributed by atoms with E-state index in [9.17, 15) is 18.0 Å². The Hall–Kier alpha value is -4.18. The van der Waals surface area contributed by atoms with Gasteiger partial charge in [0.05, 0.1) is 18.2 Å². The van der Waals surface area contributed by atoms with E-state index in [4.69, 9.17) is 9.47 Å². The molecule has 0 saturated heterocycles. The van der Waals surface area contributed by atoms with Crippen molar-refractivity contribution >= 4 is 33.8 Å². The maximum absolute atomic E-state index is 12.3. The molecule has 3 aromatic carbocycles. The van der Waals surface area contributed by atoms with E-state index in [0.717, 1.165) is 10.6 Å². The molecular weight excluding hydrogens is 458 g/mol. The monoisotopic (exact) mass is 481 g/mol. The Kier molecular flexibility index (Phi) is 7.99. The molecule has 3 rings (SSSR count). The molecule has 1 amide bonds. The number of carbonyl (C=O) groups is 2. The minimum absolute atomic E-state index is 0.308. The first kappa shape index (κ1) is 24.5. The van der Waals surface area contributed by atoms with E-state index in [1.165, 1.54) is 13.1 Å². The van der Waals surface area contributed by atoms with Crippen LogP contribution in [0.5, 0.6) is 17.2 Å². The Balaban J connectivity index is 1.62. The van der Waals surface area contributed by atoms with E-state index in [0.29, 0.717) is 28.5 Å². The smallest absolute Gasteiger partial charge is 0.308 e. The molecule has 0 aromatic heterocycles. The summed E-state index contributed by atoms with van der Waals surface area (Å²) in [6.07, 6.45) is 2.40. The van der Waals surface area contributed by atoms with Crippen LogP contribution in [0.3, 0.4) is 0 Å². The second-order valence-electron chi connectivity index (χ2n) is 7.13. The van der Waals surface area contributed by atoms with Gasteiger partial charge >= 0.3 is 5.97 Å². The molecule has 0 aliphatic carbocycles. The van der Waals surface area contributed by atoms with Crippen LogP contribution in [0.4, 0.5) is 5.69 Å². The van der Waals surface area contributed by atoms with Crippen LogP contribution < -0.4 is 19.2 Å². The highest BCUT2D eigenvalue weighted by atomic mass is 32.2. The highest BCUT2D eigenvalue weighted by Crippen LogP contribution is 2.25. The Morgan fingerprint density at radius 2 is 1.50 bits per heavy atom. The number of hydrogen-bond donors (Lipinski definition) is 1. The number of nitrogens with one attached hydrogen (secondary N) is 1. The second kappa shape index (κ2) is 11.1. The van der Waals surface area contributed by atoms with Crippen molar-refractivity contribution in [3.8, 4) is 17.2 Å². The quantitative estimate of drug-likeness (QED) is 0.217. The Morgan fingerprint density at radius 1 is 0.912 bits per heavy atom. The summed E-state index contributed by atoms with van der Waals surface area (Å²) < 4.78 is 36.2. The number of carbonyl (C=O) groups excluding carboxylic acids is 2. The predicted octanol–water partition coefficient (Wildman–Crippen LogP) is 3.32. The molecule has 10 heteroatoms. The van der Waals surface area contributed by atoms with E-state index < -0.39 is 28.4 Å². The van der Waals surface area contributed by atoms with Gasteiger partial charge in [-0.2, -0.15) is 5.10 Å². The summed E-state index contributed by atoms with van der Waals surface area (Å²) in [5.41, 5.74) is 3.26. The lowest BCUT2D eigenvalue weighted by atomic mass is 10.2. The maximum Gasteiger partial charge on any atom is 0.308 e. The van der Waals surface area contributed by atoms with Crippen molar-refractivity contribution in [3.05, 3.63) is 84.4 Å². The van der Waals surface area contributed by atoms with E-state index in [1.54, 1.807) is 60.7 Å². The minimum Gasteiger partial charge on any atom is -0.457 e. The molecule has 34 heavy (non-hydrogen) atoms. The van der Waals surface area contributed by atoms with Gasteiger partial charge < -0.3 is 9.47 Å². The van der Waals surface area contributed by atoms with Crippen LogP contribution in [-0.4, -0.2) is 39.3 Å². The number of benzene rings is 3.